The van der Waals surface area contributed by atoms with Gasteiger partial charge in [0.05, 0.1) is 12.0 Å². The van der Waals surface area contributed by atoms with Crippen molar-refractivity contribution in [3.05, 3.63) is 29.8 Å². The smallest absolute Gasteiger partial charge is 0.328 e. The number of benzene rings is 1. The molecule has 1 saturated carbocycles. The van der Waals surface area contributed by atoms with Crippen molar-refractivity contribution in [2.24, 2.45) is 5.92 Å². The lowest BCUT2D eigenvalue weighted by Crippen LogP contribution is -2.46. The molecule has 1 aliphatic carbocycles. The topological polar surface area (TPSA) is 84.0 Å². The number of hydrogen-bond acceptors (Lipinski definition) is 5. The zero-order chi connectivity index (χ0) is 21.2. The van der Waals surface area contributed by atoms with Crippen LogP contribution in [-0.2, 0) is 19.6 Å². The molecular formula is C21H30N2O5S. The van der Waals surface area contributed by atoms with E-state index >= 15 is 0 Å². The minimum absolute atomic E-state index is 0.00314. The first kappa shape index (κ1) is 21.8. The second-order valence-electron chi connectivity index (χ2n) is 7.72. The van der Waals surface area contributed by atoms with Crippen molar-refractivity contribution in [3.8, 4) is 0 Å². The van der Waals surface area contributed by atoms with E-state index in [4.69, 9.17) is 4.74 Å². The SMILES string of the molecule is CCN(CC)S(=O)(=O)c1cccc(C(=O)N2[C@H](C(=O)OC)C[C@H]3CCCC[C@@H]32)c1. The number of rotatable bonds is 6. The summed E-state index contributed by atoms with van der Waals surface area (Å²) in [5.41, 5.74) is 0.290. The predicted octanol–water partition coefficient (Wildman–Crippen LogP) is 2.66. The molecule has 0 radical (unpaired) electrons. The third kappa shape index (κ3) is 4.05. The van der Waals surface area contributed by atoms with E-state index in [1.165, 1.54) is 23.5 Å². The van der Waals surface area contributed by atoms with Crippen molar-refractivity contribution in [1.82, 2.24) is 9.21 Å². The van der Waals surface area contributed by atoms with Crippen molar-refractivity contribution in [2.75, 3.05) is 20.2 Å². The van der Waals surface area contributed by atoms with Gasteiger partial charge >= 0.3 is 5.97 Å². The Morgan fingerprint density at radius 3 is 2.52 bits per heavy atom. The fourth-order valence-electron chi connectivity index (χ4n) is 4.75. The lowest BCUT2D eigenvalue weighted by Gasteiger charge is -2.33. The summed E-state index contributed by atoms with van der Waals surface area (Å²) in [5, 5.41) is 0. The summed E-state index contributed by atoms with van der Waals surface area (Å²) in [6.07, 6.45) is 4.60. The third-order valence-corrected chi connectivity index (χ3v) is 8.27. The number of sulfonamides is 1. The van der Waals surface area contributed by atoms with Gasteiger partial charge in [0.25, 0.3) is 5.91 Å². The number of fused-ring (bicyclic) bond motifs is 1. The number of nitrogens with zero attached hydrogens (tertiary/aromatic N) is 2. The number of ether oxygens (including phenoxy) is 1. The highest BCUT2D eigenvalue weighted by Gasteiger charge is 2.48. The minimum Gasteiger partial charge on any atom is -0.467 e. The molecule has 0 N–H and O–H groups in total. The standard InChI is InChI=1S/C21H30N2O5S/c1-4-22(5-2)29(26,27)17-11-8-10-16(13-17)20(24)23-18-12-7-6-9-15(18)14-19(23)21(25)28-3/h8,10-11,13,15,18-19H,4-7,9,12,14H2,1-3H3/t15-,18+,19+/m1/s1. The van der Waals surface area contributed by atoms with Crippen LogP contribution in [0.15, 0.2) is 29.2 Å². The second-order valence-corrected chi connectivity index (χ2v) is 9.65. The Hall–Kier alpha value is -1.93. The van der Waals surface area contributed by atoms with Gasteiger partial charge in [-0.25, -0.2) is 13.2 Å². The van der Waals surface area contributed by atoms with Crippen LogP contribution in [0, 0.1) is 5.92 Å². The average molecular weight is 423 g/mol. The molecule has 7 nitrogen and oxygen atoms in total. The van der Waals surface area contributed by atoms with Crippen LogP contribution in [0.25, 0.3) is 0 Å². The fraction of sp³-hybridized carbons (Fsp3) is 0.619. The average Bonchev–Trinajstić information content (AvgIpc) is 3.13. The summed E-state index contributed by atoms with van der Waals surface area (Å²) in [6, 6.07) is 5.54. The molecule has 3 atom stereocenters. The molecule has 160 valence electrons. The van der Waals surface area contributed by atoms with Crippen LogP contribution in [0.4, 0.5) is 0 Å². The van der Waals surface area contributed by atoms with Crippen LogP contribution in [-0.4, -0.2) is 61.8 Å². The van der Waals surface area contributed by atoms with Gasteiger partial charge in [0.2, 0.25) is 10.0 Å². The molecule has 1 amide bonds. The third-order valence-electron chi connectivity index (χ3n) is 6.22. The fourth-order valence-corrected chi connectivity index (χ4v) is 6.25. The molecule has 1 aliphatic heterocycles. The van der Waals surface area contributed by atoms with E-state index in [1.54, 1.807) is 30.9 Å². The summed E-state index contributed by atoms with van der Waals surface area (Å²) in [6.45, 7) is 4.28. The Balaban J connectivity index is 1.95. The number of likely N-dealkylation sites (tertiary alicyclic amines) is 1. The highest BCUT2D eigenvalue weighted by Crippen LogP contribution is 2.41. The van der Waals surface area contributed by atoms with Crippen molar-refractivity contribution in [2.45, 2.75) is 62.9 Å². The second kappa shape index (κ2) is 8.83. The van der Waals surface area contributed by atoms with Crippen molar-refractivity contribution in [3.63, 3.8) is 0 Å². The maximum Gasteiger partial charge on any atom is 0.328 e. The minimum atomic E-state index is -3.67. The number of hydrogen-bond donors (Lipinski definition) is 0. The zero-order valence-electron chi connectivity index (χ0n) is 17.3. The highest BCUT2D eigenvalue weighted by molar-refractivity contribution is 7.89. The van der Waals surface area contributed by atoms with Gasteiger partial charge in [0, 0.05) is 24.7 Å². The molecule has 1 saturated heterocycles. The molecule has 3 rings (SSSR count). The molecule has 0 unspecified atom stereocenters. The Labute approximate surface area is 173 Å². The van der Waals surface area contributed by atoms with Crippen molar-refractivity contribution >= 4 is 21.9 Å². The van der Waals surface area contributed by atoms with Crippen LogP contribution in [0.1, 0.15) is 56.3 Å². The molecule has 0 spiro atoms. The van der Waals surface area contributed by atoms with E-state index in [0.717, 1.165) is 25.7 Å². The normalized spacial score (nSPS) is 24.4. The Kier molecular flexibility index (Phi) is 6.63. The molecule has 1 aromatic carbocycles. The summed E-state index contributed by atoms with van der Waals surface area (Å²) >= 11 is 0. The number of esters is 1. The van der Waals surface area contributed by atoms with Gasteiger partial charge < -0.3 is 9.64 Å². The van der Waals surface area contributed by atoms with Crippen LogP contribution in [0.3, 0.4) is 0 Å². The monoisotopic (exact) mass is 422 g/mol. The van der Waals surface area contributed by atoms with E-state index < -0.39 is 22.0 Å². The van der Waals surface area contributed by atoms with Crippen molar-refractivity contribution in [1.29, 1.82) is 0 Å². The van der Waals surface area contributed by atoms with Gasteiger partial charge in [-0.2, -0.15) is 4.31 Å². The highest BCUT2D eigenvalue weighted by atomic mass is 32.2. The molecule has 2 fully saturated rings. The summed E-state index contributed by atoms with van der Waals surface area (Å²) in [5.74, 6) is -0.412. The summed E-state index contributed by atoms with van der Waals surface area (Å²) in [4.78, 5) is 27.6. The maximum atomic E-state index is 13.4. The van der Waals surface area contributed by atoms with Gasteiger partial charge in [0.15, 0.2) is 0 Å². The van der Waals surface area contributed by atoms with E-state index in [2.05, 4.69) is 0 Å². The van der Waals surface area contributed by atoms with E-state index in [0.29, 0.717) is 31.0 Å². The predicted molar refractivity (Wildman–Crippen MR) is 109 cm³/mol. The molecule has 8 heteroatoms. The van der Waals surface area contributed by atoms with E-state index in [-0.39, 0.29) is 16.8 Å². The van der Waals surface area contributed by atoms with Crippen molar-refractivity contribution < 1.29 is 22.7 Å². The summed E-state index contributed by atoms with van der Waals surface area (Å²) < 4.78 is 32.1. The first-order chi connectivity index (χ1) is 13.8. The largest absolute Gasteiger partial charge is 0.467 e. The molecule has 1 heterocycles. The lowest BCUT2D eigenvalue weighted by atomic mass is 9.84. The molecule has 0 bridgehead atoms. The Morgan fingerprint density at radius 1 is 1.17 bits per heavy atom. The number of carbonyl (C=O) groups is 2. The van der Waals surface area contributed by atoms with E-state index in [1.807, 2.05) is 0 Å². The number of amides is 1. The number of methoxy groups -OCH3 is 1. The van der Waals surface area contributed by atoms with Gasteiger partial charge in [-0.05, 0) is 43.4 Å². The molecule has 29 heavy (non-hydrogen) atoms. The Bertz CT molecular complexity index is 866. The van der Waals surface area contributed by atoms with Crippen LogP contribution in [0.5, 0.6) is 0 Å². The number of carbonyl (C=O) groups excluding carboxylic acids is 2. The quantitative estimate of drug-likeness (QED) is 0.658. The van der Waals surface area contributed by atoms with Crippen LogP contribution >= 0.6 is 0 Å². The lowest BCUT2D eigenvalue weighted by molar-refractivity contribution is -0.145. The molecular weight excluding hydrogens is 392 g/mol. The molecule has 1 aromatic rings. The van der Waals surface area contributed by atoms with Gasteiger partial charge in [-0.15, -0.1) is 0 Å². The van der Waals surface area contributed by atoms with Crippen LogP contribution in [0.2, 0.25) is 0 Å². The van der Waals surface area contributed by atoms with Gasteiger partial charge in [-0.1, -0.05) is 32.8 Å². The first-order valence-corrected chi connectivity index (χ1v) is 11.8. The van der Waals surface area contributed by atoms with Gasteiger partial charge in [-0.3, -0.25) is 4.79 Å². The Morgan fingerprint density at radius 2 is 1.86 bits per heavy atom. The van der Waals surface area contributed by atoms with Crippen LogP contribution < -0.4 is 0 Å². The molecule has 0 aromatic heterocycles. The summed E-state index contributed by atoms with van der Waals surface area (Å²) in [7, 11) is -2.33. The first-order valence-electron chi connectivity index (χ1n) is 10.4. The molecule has 2 aliphatic rings. The van der Waals surface area contributed by atoms with E-state index in [9.17, 15) is 18.0 Å². The maximum absolute atomic E-state index is 13.4. The van der Waals surface area contributed by atoms with Gasteiger partial charge in [0.1, 0.15) is 6.04 Å². The zero-order valence-corrected chi connectivity index (χ0v) is 18.2.